The van der Waals surface area contributed by atoms with Crippen LogP contribution in [0.5, 0.6) is 0 Å². The number of benzene rings is 1. The first-order chi connectivity index (χ1) is 13.0. The molecule has 0 unspecified atom stereocenters. The van der Waals surface area contributed by atoms with Gasteiger partial charge in [0, 0.05) is 11.9 Å². The number of fused-ring (bicyclic) bond motifs is 1. The molecule has 27 heavy (non-hydrogen) atoms. The van der Waals surface area contributed by atoms with Gasteiger partial charge in [-0.1, -0.05) is 36.0 Å². The standard InChI is InChI=1S/C19H17N3O4S/c1-4-13-17(11(2)26-21-13)19(24)25-10-15(23)12(9-20)18-22(3)14-7-5-6-8-16(14)27-18/h5-8H,4,10H2,1-3H3/b18-12+. The largest absolute Gasteiger partial charge is 0.454 e. The van der Waals surface area contributed by atoms with Crippen LogP contribution < -0.4 is 4.90 Å². The fourth-order valence-corrected chi connectivity index (χ4v) is 3.91. The molecule has 0 radical (unpaired) electrons. The van der Waals surface area contributed by atoms with Crippen molar-refractivity contribution in [2.75, 3.05) is 18.6 Å². The Balaban J connectivity index is 1.77. The van der Waals surface area contributed by atoms with Gasteiger partial charge in [-0.05, 0) is 25.5 Å². The highest BCUT2D eigenvalue weighted by Gasteiger charge is 2.29. The number of esters is 1. The molecular formula is C19H17N3O4S. The van der Waals surface area contributed by atoms with E-state index < -0.39 is 18.4 Å². The van der Waals surface area contributed by atoms with E-state index in [4.69, 9.17) is 9.26 Å². The van der Waals surface area contributed by atoms with Gasteiger partial charge in [-0.15, -0.1) is 0 Å². The summed E-state index contributed by atoms with van der Waals surface area (Å²) in [6.07, 6.45) is 0.503. The van der Waals surface area contributed by atoms with Gasteiger partial charge in [0.1, 0.15) is 28.0 Å². The molecule has 0 saturated heterocycles. The van der Waals surface area contributed by atoms with Crippen LogP contribution in [0, 0.1) is 18.3 Å². The van der Waals surface area contributed by atoms with E-state index in [1.807, 2.05) is 37.3 Å². The van der Waals surface area contributed by atoms with Crippen molar-refractivity contribution < 1.29 is 18.8 Å². The van der Waals surface area contributed by atoms with Gasteiger partial charge in [0.2, 0.25) is 5.78 Å². The number of carbonyl (C=O) groups excluding carboxylic acids is 2. The van der Waals surface area contributed by atoms with Crippen LogP contribution >= 0.6 is 11.8 Å². The number of ether oxygens (including phenoxy) is 1. The van der Waals surface area contributed by atoms with E-state index in [1.165, 1.54) is 11.8 Å². The van der Waals surface area contributed by atoms with Crippen molar-refractivity contribution in [2.24, 2.45) is 0 Å². The minimum Gasteiger partial charge on any atom is -0.454 e. The number of Topliss-reactive ketones (excluding diaryl/α,β-unsaturated/α-hetero) is 1. The lowest BCUT2D eigenvalue weighted by Gasteiger charge is -2.14. The number of hydrogen-bond acceptors (Lipinski definition) is 8. The predicted octanol–water partition coefficient (Wildman–Crippen LogP) is 3.25. The fraction of sp³-hybridized carbons (Fsp3) is 0.263. The zero-order valence-corrected chi connectivity index (χ0v) is 15.9. The van der Waals surface area contributed by atoms with Crippen molar-refractivity contribution in [3.05, 3.63) is 51.9 Å². The lowest BCUT2D eigenvalue weighted by molar-refractivity contribution is -0.118. The second-order valence-electron chi connectivity index (χ2n) is 5.83. The molecule has 1 aliphatic rings. The van der Waals surface area contributed by atoms with Crippen molar-refractivity contribution >= 4 is 29.2 Å². The molecule has 0 saturated carbocycles. The average molecular weight is 383 g/mol. The van der Waals surface area contributed by atoms with Crippen LogP contribution in [0.2, 0.25) is 0 Å². The van der Waals surface area contributed by atoms with Gasteiger partial charge < -0.3 is 14.2 Å². The zero-order chi connectivity index (χ0) is 19.6. The number of hydrogen-bond donors (Lipinski definition) is 0. The summed E-state index contributed by atoms with van der Waals surface area (Å²) in [5, 5.41) is 13.8. The van der Waals surface area contributed by atoms with E-state index >= 15 is 0 Å². The summed E-state index contributed by atoms with van der Waals surface area (Å²) in [5.74, 6) is -0.901. The molecule has 0 fully saturated rings. The van der Waals surface area contributed by atoms with Crippen molar-refractivity contribution in [3.63, 3.8) is 0 Å². The molecule has 2 heterocycles. The van der Waals surface area contributed by atoms with Crippen molar-refractivity contribution in [3.8, 4) is 6.07 Å². The third-order valence-corrected chi connectivity index (χ3v) is 5.39. The first kappa shape index (κ1) is 18.7. The Kier molecular flexibility index (Phi) is 5.33. The molecule has 0 atom stereocenters. The van der Waals surface area contributed by atoms with E-state index in [-0.39, 0.29) is 11.1 Å². The quantitative estimate of drug-likeness (QED) is 0.441. The van der Waals surface area contributed by atoms with Crippen molar-refractivity contribution in [2.45, 2.75) is 25.2 Å². The van der Waals surface area contributed by atoms with Gasteiger partial charge in [-0.25, -0.2) is 4.79 Å². The van der Waals surface area contributed by atoms with E-state index in [0.29, 0.717) is 22.9 Å². The molecule has 8 heteroatoms. The van der Waals surface area contributed by atoms with E-state index in [1.54, 1.807) is 18.9 Å². The molecule has 0 N–H and O–H groups in total. The Morgan fingerprint density at radius 1 is 1.37 bits per heavy atom. The molecule has 0 spiro atoms. The number of nitrogens with zero attached hydrogens (tertiary/aromatic N) is 3. The molecule has 7 nitrogen and oxygen atoms in total. The lowest BCUT2D eigenvalue weighted by Crippen LogP contribution is -2.20. The number of para-hydroxylation sites is 1. The van der Waals surface area contributed by atoms with Gasteiger partial charge in [0.25, 0.3) is 0 Å². The molecule has 2 aromatic rings. The summed E-state index contributed by atoms with van der Waals surface area (Å²) in [6.45, 7) is 2.92. The van der Waals surface area contributed by atoms with Crippen LogP contribution in [0.25, 0.3) is 0 Å². The molecule has 1 aromatic carbocycles. The third-order valence-electron chi connectivity index (χ3n) is 4.15. The molecule has 0 amide bonds. The number of carbonyl (C=O) groups is 2. The second kappa shape index (κ2) is 7.68. The van der Waals surface area contributed by atoms with Gasteiger partial charge in [-0.2, -0.15) is 5.26 Å². The molecule has 1 aromatic heterocycles. The summed E-state index contributed by atoms with van der Waals surface area (Å²) in [5.41, 5.74) is 1.59. The van der Waals surface area contributed by atoms with Gasteiger partial charge in [0.15, 0.2) is 6.61 Å². The maximum Gasteiger partial charge on any atom is 0.344 e. The molecule has 1 aliphatic heterocycles. The van der Waals surface area contributed by atoms with Crippen molar-refractivity contribution in [1.82, 2.24) is 5.16 Å². The predicted molar refractivity (Wildman–Crippen MR) is 99.2 cm³/mol. The lowest BCUT2D eigenvalue weighted by atomic mass is 10.1. The van der Waals surface area contributed by atoms with Gasteiger partial charge in [-0.3, -0.25) is 4.79 Å². The van der Waals surface area contributed by atoms with E-state index in [2.05, 4.69) is 5.16 Å². The molecule has 138 valence electrons. The minimum atomic E-state index is -0.683. The number of rotatable bonds is 5. The minimum absolute atomic E-state index is 0.0377. The number of anilines is 1. The highest BCUT2D eigenvalue weighted by atomic mass is 32.2. The van der Waals surface area contributed by atoms with Crippen molar-refractivity contribution in [1.29, 1.82) is 5.26 Å². The second-order valence-corrected chi connectivity index (χ2v) is 6.86. The van der Waals surface area contributed by atoms with Crippen LogP contribution in [0.1, 0.15) is 28.7 Å². The van der Waals surface area contributed by atoms with Gasteiger partial charge >= 0.3 is 5.97 Å². The van der Waals surface area contributed by atoms with Crippen LogP contribution in [-0.2, 0) is 16.0 Å². The third kappa shape index (κ3) is 3.46. The summed E-state index contributed by atoms with van der Waals surface area (Å²) in [4.78, 5) is 27.6. The Morgan fingerprint density at radius 2 is 2.11 bits per heavy atom. The van der Waals surface area contributed by atoms with Crippen LogP contribution in [0.15, 0.2) is 44.3 Å². The maximum atomic E-state index is 12.5. The smallest absolute Gasteiger partial charge is 0.344 e. The Bertz CT molecular complexity index is 987. The number of ketones is 1. The Morgan fingerprint density at radius 3 is 2.78 bits per heavy atom. The maximum absolute atomic E-state index is 12.5. The topological polar surface area (TPSA) is 96.4 Å². The molecule has 0 aliphatic carbocycles. The Labute approximate surface area is 160 Å². The first-order valence-electron chi connectivity index (χ1n) is 8.28. The van der Waals surface area contributed by atoms with Crippen LogP contribution in [0.3, 0.4) is 0 Å². The number of nitriles is 1. The first-order valence-corrected chi connectivity index (χ1v) is 9.10. The summed E-state index contributed by atoms with van der Waals surface area (Å²) < 4.78 is 10.1. The number of thioether (sulfide) groups is 1. The summed E-state index contributed by atoms with van der Waals surface area (Å²) in [7, 11) is 1.79. The fourth-order valence-electron chi connectivity index (χ4n) is 2.75. The monoisotopic (exact) mass is 383 g/mol. The van der Waals surface area contributed by atoms with E-state index in [0.717, 1.165) is 10.6 Å². The highest BCUT2D eigenvalue weighted by molar-refractivity contribution is 8.03. The normalized spacial score (nSPS) is 14.5. The number of aromatic nitrogens is 1. The van der Waals surface area contributed by atoms with E-state index in [9.17, 15) is 14.9 Å². The SMILES string of the molecule is CCc1noc(C)c1C(=O)OCC(=O)/C(C#N)=C1/Sc2ccccc2N1C. The molecular weight excluding hydrogens is 366 g/mol. The van der Waals surface area contributed by atoms with Crippen LogP contribution in [0.4, 0.5) is 5.69 Å². The highest BCUT2D eigenvalue weighted by Crippen LogP contribution is 2.46. The summed E-state index contributed by atoms with van der Waals surface area (Å²) >= 11 is 1.34. The van der Waals surface area contributed by atoms with Gasteiger partial charge in [0.05, 0.1) is 11.4 Å². The molecule has 0 bridgehead atoms. The number of aryl methyl sites for hydroxylation is 2. The Hall–Kier alpha value is -3.05. The summed E-state index contributed by atoms with van der Waals surface area (Å²) in [6, 6.07) is 9.56. The molecule has 3 rings (SSSR count). The zero-order valence-electron chi connectivity index (χ0n) is 15.1. The average Bonchev–Trinajstić information content (AvgIpc) is 3.21. The van der Waals surface area contributed by atoms with Crippen LogP contribution in [-0.4, -0.2) is 30.6 Å².